The van der Waals surface area contributed by atoms with Crippen LogP contribution in [-0.2, 0) is 26.0 Å². The van der Waals surface area contributed by atoms with Crippen LogP contribution < -0.4 is 4.72 Å². The van der Waals surface area contributed by atoms with Crippen molar-refractivity contribution >= 4 is 27.6 Å². The van der Waals surface area contributed by atoms with Gasteiger partial charge in [-0.05, 0) is 74.4 Å². The average molecular weight is 481 g/mol. The highest BCUT2D eigenvalue weighted by molar-refractivity contribution is 7.89. The monoisotopic (exact) mass is 480 g/mol. The van der Waals surface area contributed by atoms with E-state index in [1.54, 1.807) is 18.3 Å². The maximum Gasteiger partial charge on any atom is 0.305 e. The number of unbranched alkanes of at least 4 members (excludes halogenated alkanes) is 1. The van der Waals surface area contributed by atoms with E-state index in [4.69, 9.17) is 16.3 Å². The van der Waals surface area contributed by atoms with E-state index in [1.807, 2.05) is 19.2 Å². The number of benzene rings is 1. The Morgan fingerprint density at radius 1 is 1.09 bits per heavy atom. The lowest BCUT2D eigenvalue weighted by molar-refractivity contribution is -0.143. The first-order valence-electron chi connectivity index (χ1n) is 11.2. The van der Waals surface area contributed by atoms with Gasteiger partial charge in [0.15, 0.2) is 0 Å². The van der Waals surface area contributed by atoms with Crippen LogP contribution in [0.25, 0.3) is 0 Å². The van der Waals surface area contributed by atoms with Crippen LogP contribution in [0.2, 0.25) is 5.02 Å². The van der Waals surface area contributed by atoms with Gasteiger partial charge < -0.3 is 4.74 Å². The number of esters is 1. The molecule has 176 valence electrons. The molecule has 1 atom stereocenters. The number of halogens is 1. The highest BCUT2D eigenvalue weighted by atomic mass is 35.5. The molecule has 2 rings (SSSR count). The van der Waals surface area contributed by atoms with Crippen molar-refractivity contribution in [3.05, 3.63) is 59.4 Å². The number of sulfonamides is 1. The maximum atomic E-state index is 12.3. The first-order valence-corrected chi connectivity index (χ1v) is 13.1. The Morgan fingerprint density at radius 2 is 1.84 bits per heavy atom. The van der Waals surface area contributed by atoms with Gasteiger partial charge in [-0.3, -0.25) is 9.78 Å². The fourth-order valence-electron chi connectivity index (χ4n) is 3.59. The summed E-state index contributed by atoms with van der Waals surface area (Å²) in [5.74, 6) is 0.254. The zero-order chi connectivity index (χ0) is 23.2. The van der Waals surface area contributed by atoms with E-state index in [2.05, 4.69) is 15.8 Å². The molecule has 6 nitrogen and oxygen atoms in total. The summed E-state index contributed by atoms with van der Waals surface area (Å²) in [4.78, 5) is 16.1. The summed E-state index contributed by atoms with van der Waals surface area (Å²) in [7, 11) is -3.53. The van der Waals surface area contributed by atoms with Gasteiger partial charge in [0.1, 0.15) is 0 Å². The number of aromatic nitrogens is 1. The molecule has 2 aromatic rings. The molecular weight excluding hydrogens is 448 g/mol. The second kappa shape index (κ2) is 14.2. The molecule has 32 heavy (non-hydrogen) atoms. The van der Waals surface area contributed by atoms with E-state index in [-0.39, 0.29) is 10.9 Å². The first-order chi connectivity index (χ1) is 15.4. The van der Waals surface area contributed by atoms with E-state index < -0.39 is 10.0 Å². The summed E-state index contributed by atoms with van der Waals surface area (Å²) in [6.07, 6.45) is 10.5. The van der Waals surface area contributed by atoms with Gasteiger partial charge >= 0.3 is 5.97 Å². The van der Waals surface area contributed by atoms with Crippen molar-refractivity contribution in [1.82, 2.24) is 9.71 Å². The topological polar surface area (TPSA) is 85.4 Å². The van der Waals surface area contributed by atoms with Crippen molar-refractivity contribution in [3.63, 3.8) is 0 Å². The van der Waals surface area contributed by atoms with Crippen LogP contribution in [0, 0.1) is 5.92 Å². The van der Waals surface area contributed by atoms with Crippen molar-refractivity contribution in [2.24, 2.45) is 5.92 Å². The summed E-state index contributed by atoms with van der Waals surface area (Å²) >= 11 is 5.82. The van der Waals surface area contributed by atoms with Gasteiger partial charge in [-0.2, -0.15) is 0 Å². The smallest absolute Gasteiger partial charge is 0.305 e. The van der Waals surface area contributed by atoms with Gasteiger partial charge in [-0.1, -0.05) is 36.9 Å². The Balaban J connectivity index is 1.76. The molecule has 0 radical (unpaired) electrons. The zero-order valence-corrected chi connectivity index (χ0v) is 20.2. The molecule has 0 fully saturated rings. The summed E-state index contributed by atoms with van der Waals surface area (Å²) in [6.45, 7) is 2.60. The number of carbonyl (C=O) groups is 1. The molecule has 0 spiro atoms. The highest BCUT2D eigenvalue weighted by Gasteiger charge is 2.15. The van der Waals surface area contributed by atoms with Gasteiger partial charge in [-0.25, -0.2) is 13.1 Å². The molecule has 0 saturated heterocycles. The van der Waals surface area contributed by atoms with Crippen LogP contribution in [-0.4, -0.2) is 32.5 Å². The number of pyridine rings is 1. The third-order valence-corrected chi connectivity index (χ3v) is 7.05. The molecule has 1 unspecified atom stereocenters. The van der Waals surface area contributed by atoms with Crippen molar-refractivity contribution < 1.29 is 17.9 Å². The van der Waals surface area contributed by atoms with Gasteiger partial charge in [0.2, 0.25) is 10.0 Å². The fraction of sp³-hybridized carbons (Fsp3) is 0.500. The van der Waals surface area contributed by atoms with Crippen molar-refractivity contribution in [2.45, 2.75) is 63.2 Å². The molecule has 1 aromatic heterocycles. The number of nitrogens with zero attached hydrogens (tertiary/aromatic N) is 1. The van der Waals surface area contributed by atoms with Crippen molar-refractivity contribution in [3.8, 4) is 0 Å². The largest absolute Gasteiger partial charge is 0.466 e. The van der Waals surface area contributed by atoms with Crippen LogP contribution in [0.15, 0.2) is 53.7 Å². The summed E-state index contributed by atoms with van der Waals surface area (Å²) in [5.41, 5.74) is 1.22. The minimum Gasteiger partial charge on any atom is -0.466 e. The van der Waals surface area contributed by atoms with E-state index in [0.29, 0.717) is 30.5 Å². The normalized spacial score (nSPS) is 12.4. The minimum atomic E-state index is -3.53. The van der Waals surface area contributed by atoms with Crippen LogP contribution in [0.1, 0.15) is 57.4 Å². The van der Waals surface area contributed by atoms with Gasteiger partial charge in [0.05, 0.1) is 11.5 Å². The molecule has 1 heterocycles. The molecular formula is C24H33ClN2O4S. The van der Waals surface area contributed by atoms with E-state index in [1.165, 1.54) is 17.7 Å². The predicted molar refractivity (Wildman–Crippen MR) is 127 cm³/mol. The summed E-state index contributed by atoms with van der Waals surface area (Å²) in [6, 6.07) is 10.1. The Labute approximate surface area is 196 Å². The minimum absolute atomic E-state index is 0.152. The average Bonchev–Trinajstić information content (AvgIpc) is 2.78. The van der Waals surface area contributed by atoms with Crippen molar-refractivity contribution in [1.29, 1.82) is 0 Å². The maximum absolute atomic E-state index is 12.3. The summed E-state index contributed by atoms with van der Waals surface area (Å²) < 4.78 is 32.4. The van der Waals surface area contributed by atoms with Crippen LogP contribution in [0.5, 0.6) is 0 Å². The fourth-order valence-corrected chi connectivity index (χ4v) is 4.79. The lowest BCUT2D eigenvalue weighted by Gasteiger charge is -2.17. The molecule has 0 aliphatic rings. The molecule has 0 saturated carbocycles. The lowest BCUT2D eigenvalue weighted by Crippen LogP contribution is -2.24. The molecule has 0 aliphatic heterocycles. The van der Waals surface area contributed by atoms with Crippen LogP contribution in [0.4, 0.5) is 0 Å². The second-order valence-corrected chi connectivity index (χ2v) is 10.0. The SMILES string of the molecule is CCOC(=O)CCC(CCCCNS(=O)(=O)c1ccc(Cl)cc1)CCCc1cccnc1. The molecule has 1 N–H and O–H groups in total. The number of carbonyl (C=O) groups excluding carboxylic acids is 1. The quantitative estimate of drug-likeness (QED) is 0.281. The molecule has 8 heteroatoms. The lowest BCUT2D eigenvalue weighted by atomic mass is 9.91. The molecule has 1 aromatic carbocycles. The van der Waals surface area contributed by atoms with Crippen LogP contribution >= 0.6 is 11.6 Å². The number of nitrogens with one attached hydrogen (secondary N) is 1. The third-order valence-electron chi connectivity index (χ3n) is 5.32. The first kappa shape index (κ1) is 26.3. The number of hydrogen-bond acceptors (Lipinski definition) is 5. The van der Waals surface area contributed by atoms with E-state index in [0.717, 1.165) is 44.9 Å². The Morgan fingerprint density at radius 3 is 2.53 bits per heavy atom. The van der Waals surface area contributed by atoms with Crippen molar-refractivity contribution in [2.75, 3.05) is 13.2 Å². The number of rotatable bonds is 15. The van der Waals surface area contributed by atoms with Gasteiger partial charge in [-0.15, -0.1) is 0 Å². The predicted octanol–water partition coefficient (Wildman–Crippen LogP) is 5.17. The number of ether oxygens (including phenoxy) is 1. The molecule has 0 aliphatic carbocycles. The number of aryl methyl sites for hydroxylation is 1. The second-order valence-electron chi connectivity index (χ2n) is 7.81. The third kappa shape index (κ3) is 10.1. The summed E-state index contributed by atoms with van der Waals surface area (Å²) in [5, 5.41) is 0.501. The van der Waals surface area contributed by atoms with Gasteiger partial charge in [0, 0.05) is 30.4 Å². The highest BCUT2D eigenvalue weighted by Crippen LogP contribution is 2.22. The Hall–Kier alpha value is -1.96. The molecule has 0 amide bonds. The zero-order valence-electron chi connectivity index (χ0n) is 18.6. The van der Waals surface area contributed by atoms with Gasteiger partial charge in [0.25, 0.3) is 0 Å². The van der Waals surface area contributed by atoms with Crippen LogP contribution in [0.3, 0.4) is 0 Å². The standard InChI is InChI=1S/C24H33ClN2O4S/c1-2-31-24(28)16-11-20(8-5-9-21-10-6-17-26-19-21)7-3-4-18-27-32(29,30)23-14-12-22(25)13-15-23/h6,10,12-15,17,19-20,27H,2-5,7-9,11,16,18H2,1H3. The number of hydrogen-bond donors (Lipinski definition) is 1. The Kier molecular flexibility index (Phi) is 11.7. The van der Waals surface area contributed by atoms with E-state index in [9.17, 15) is 13.2 Å². The molecule has 0 bridgehead atoms. The Bertz CT molecular complexity index is 905. The van der Waals surface area contributed by atoms with E-state index >= 15 is 0 Å².